The van der Waals surface area contributed by atoms with Crippen LogP contribution in [0.4, 0.5) is 30.7 Å². The third-order valence-corrected chi connectivity index (χ3v) is 1.89. The number of hydrogen-bond donors (Lipinski definition) is 2. The topological polar surface area (TPSA) is 66.0 Å². The predicted molar refractivity (Wildman–Crippen MR) is 40.4 cm³/mol. The van der Waals surface area contributed by atoms with Gasteiger partial charge in [0.25, 0.3) is 0 Å². The van der Waals surface area contributed by atoms with Crippen LogP contribution in [0.2, 0.25) is 0 Å². The van der Waals surface area contributed by atoms with Crippen LogP contribution in [0.15, 0.2) is 6.07 Å². The number of carboxylic acids is 1. The van der Waals surface area contributed by atoms with Crippen LogP contribution < -0.4 is 0 Å². The molecule has 1 aromatic rings. The van der Waals surface area contributed by atoms with Gasteiger partial charge in [0.2, 0.25) is 0 Å². The van der Waals surface area contributed by atoms with Gasteiger partial charge < -0.3 is 5.11 Å². The maximum atomic E-state index is 13.0. The first-order valence-corrected chi connectivity index (χ1v) is 4.03. The van der Waals surface area contributed by atoms with Gasteiger partial charge in [-0.15, -0.1) is 0 Å². The number of halogens is 7. The molecule has 11 heteroatoms. The van der Waals surface area contributed by atoms with Crippen molar-refractivity contribution in [3.05, 3.63) is 17.5 Å². The minimum atomic E-state index is -6.50. The van der Waals surface area contributed by atoms with E-state index in [1.807, 2.05) is 0 Å². The van der Waals surface area contributed by atoms with Gasteiger partial charge >= 0.3 is 24.0 Å². The Morgan fingerprint density at radius 1 is 1.17 bits per heavy atom. The summed E-state index contributed by atoms with van der Waals surface area (Å²) in [6.45, 7) is 0. The minimum Gasteiger partial charge on any atom is -0.476 e. The molecule has 0 saturated carbocycles. The van der Waals surface area contributed by atoms with Gasteiger partial charge in [-0.2, -0.15) is 35.8 Å². The molecule has 2 N–H and O–H groups in total. The van der Waals surface area contributed by atoms with Crippen molar-refractivity contribution in [2.24, 2.45) is 0 Å². The number of aromatic carboxylic acids is 1. The zero-order valence-corrected chi connectivity index (χ0v) is 8.03. The van der Waals surface area contributed by atoms with E-state index in [-0.39, 0.29) is 6.07 Å². The van der Waals surface area contributed by atoms with Gasteiger partial charge in [0.1, 0.15) is 5.69 Å². The molecule has 0 spiro atoms. The second kappa shape index (κ2) is 3.85. The number of aromatic nitrogens is 2. The highest BCUT2D eigenvalue weighted by molar-refractivity contribution is 5.85. The van der Waals surface area contributed by atoms with E-state index in [4.69, 9.17) is 5.11 Å². The van der Waals surface area contributed by atoms with Crippen molar-refractivity contribution < 1.29 is 40.6 Å². The predicted octanol–water partition coefficient (Wildman–Crippen LogP) is 2.40. The molecule has 18 heavy (non-hydrogen) atoms. The number of H-pyrrole nitrogens is 1. The molecule has 4 nitrogen and oxygen atoms in total. The van der Waals surface area contributed by atoms with Crippen LogP contribution in [-0.4, -0.2) is 33.4 Å². The number of nitrogens with one attached hydrogen (secondary N) is 1. The van der Waals surface area contributed by atoms with Crippen molar-refractivity contribution in [1.82, 2.24) is 10.2 Å². The van der Waals surface area contributed by atoms with Gasteiger partial charge in [0, 0.05) is 6.07 Å². The number of alkyl halides is 7. The first kappa shape index (κ1) is 14.3. The summed E-state index contributed by atoms with van der Waals surface area (Å²) in [5.41, 5.74) is -3.05. The highest BCUT2D eigenvalue weighted by atomic mass is 19.4. The molecule has 102 valence electrons. The summed E-state index contributed by atoms with van der Waals surface area (Å²) in [4.78, 5) is 10.3. The molecule has 0 saturated heterocycles. The largest absolute Gasteiger partial charge is 0.476 e. The van der Waals surface area contributed by atoms with Crippen LogP contribution in [0.3, 0.4) is 0 Å². The molecule has 0 aromatic carbocycles. The van der Waals surface area contributed by atoms with E-state index < -0.39 is 35.4 Å². The molecular formula is C7H3F7N2O2. The number of hydrogen-bond acceptors (Lipinski definition) is 2. The maximum absolute atomic E-state index is 13.0. The quantitative estimate of drug-likeness (QED) is 0.835. The molecule has 0 amide bonds. The summed E-state index contributed by atoms with van der Waals surface area (Å²) >= 11 is 0. The van der Waals surface area contributed by atoms with Crippen molar-refractivity contribution in [3.8, 4) is 0 Å². The second-order valence-electron chi connectivity index (χ2n) is 3.12. The number of carbonyl (C=O) groups is 1. The van der Waals surface area contributed by atoms with Gasteiger partial charge in [-0.05, 0) is 0 Å². The van der Waals surface area contributed by atoms with Crippen LogP contribution in [0.25, 0.3) is 0 Å². The number of carboxylic acid groups (broad SMARTS) is 1. The van der Waals surface area contributed by atoms with Crippen molar-refractivity contribution >= 4 is 5.97 Å². The van der Waals surface area contributed by atoms with Gasteiger partial charge in [-0.25, -0.2) is 4.79 Å². The summed E-state index contributed by atoms with van der Waals surface area (Å²) in [5.74, 6) is -13.9. The molecule has 0 bridgehead atoms. The number of rotatable bonds is 3. The molecule has 1 heterocycles. The molecule has 0 fully saturated rings. The summed E-state index contributed by atoms with van der Waals surface area (Å²) in [6, 6.07) is -0.0953. The van der Waals surface area contributed by atoms with E-state index in [1.54, 1.807) is 0 Å². The molecule has 1 aromatic heterocycles. The SMILES string of the molecule is O=C(O)c1cc(C(F)(F)C(F)(F)C(F)(F)F)[nH]n1. The summed E-state index contributed by atoms with van der Waals surface area (Å²) in [6.07, 6.45) is -6.50. The van der Waals surface area contributed by atoms with Crippen LogP contribution in [0, 0.1) is 0 Å². The molecule has 0 aliphatic heterocycles. The fourth-order valence-corrected chi connectivity index (χ4v) is 0.939. The van der Waals surface area contributed by atoms with Crippen molar-refractivity contribution in [3.63, 3.8) is 0 Å². The van der Waals surface area contributed by atoms with Crippen LogP contribution in [0.5, 0.6) is 0 Å². The number of nitrogens with zero attached hydrogens (tertiary/aromatic N) is 1. The molecule has 0 aliphatic carbocycles. The second-order valence-corrected chi connectivity index (χ2v) is 3.12. The van der Waals surface area contributed by atoms with Crippen LogP contribution in [-0.2, 0) is 5.92 Å². The zero-order chi connectivity index (χ0) is 14.4. The Bertz CT molecular complexity index is 465. The Kier molecular flexibility index (Phi) is 3.05. The Hall–Kier alpha value is -1.81. The van der Waals surface area contributed by atoms with Gasteiger partial charge in [-0.3, -0.25) is 5.10 Å². The first-order chi connectivity index (χ1) is 7.91. The summed E-state index contributed by atoms with van der Waals surface area (Å²) in [7, 11) is 0. The zero-order valence-electron chi connectivity index (χ0n) is 8.03. The molecule has 0 aliphatic rings. The van der Waals surface area contributed by atoms with Crippen LogP contribution >= 0.6 is 0 Å². The third-order valence-electron chi connectivity index (χ3n) is 1.89. The maximum Gasteiger partial charge on any atom is 0.460 e. The lowest BCUT2D eigenvalue weighted by Gasteiger charge is -2.26. The van der Waals surface area contributed by atoms with E-state index in [2.05, 4.69) is 5.10 Å². The van der Waals surface area contributed by atoms with Gasteiger partial charge in [-0.1, -0.05) is 0 Å². The van der Waals surface area contributed by atoms with Crippen molar-refractivity contribution in [2.45, 2.75) is 18.0 Å². The average molecular weight is 280 g/mol. The van der Waals surface area contributed by atoms with Crippen molar-refractivity contribution in [2.75, 3.05) is 0 Å². The van der Waals surface area contributed by atoms with E-state index in [0.717, 1.165) is 5.10 Å². The molecule has 1 rings (SSSR count). The number of aromatic amines is 1. The Labute approximate surface area is 93.4 Å². The van der Waals surface area contributed by atoms with E-state index in [1.165, 1.54) is 0 Å². The lowest BCUT2D eigenvalue weighted by atomic mass is 10.1. The summed E-state index contributed by atoms with van der Waals surface area (Å²) < 4.78 is 86.4. The fourth-order valence-electron chi connectivity index (χ4n) is 0.939. The van der Waals surface area contributed by atoms with E-state index in [9.17, 15) is 35.5 Å². The first-order valence-electron chi connectivity index (χ1n) is 4.03. The molecular weight excluding hydrogens is 277 g/mol. The van der Waals surface area contributed by atoms with Gasteiger partial charge in [0.15, 0.2) is 5.69 Å². The molecule has 0 unspecified atom stereocenters. The smallest absolute Gasteiger partial charge is 0.460 e. The normalized spacial score (nSPS) is 13.7. The average Bonchev–Trinajstić information content (AvgIpc) is 2.64. The highest BCUT2D eigenvalue weighted by Gasteiger charge is 2.74. The summed E-state index contributed by atoms with van der Waals surface area (Å²) in [5, 5.41) is 12.1. The Morgan fingerprint density at radius 2 is 1.67 bits per heavy atom. The van der Waals surface area contributed by atoms with E-state index >= 15 is 0 Å². The lowest BCUT2D eigenvalue weighted by molar-refractivity contribution is -0.360. The van der Waals surface area contributed by atoms with Gasteiger partial charge in [0.05, 0.1) is 0 Å². The van der Waals surface area contributed by atoms with E-state index in [0.29, 0.717) is 0 Å². The minimum absolute atomic E-state index is 0.0953. The monoisotopic (exact) mass is 280 g/mol. The Balaban J connectivity index is 3.24. The highest BCUT2D eigenvalue weighted by Crippen LogP contribution is 2.51. The fraction of sp³-hybridized carbons (Fsp3) is 0.429. The standard InChI is InChI=1S/C7H3F7N2O2/c8-5(9,6(10,11)7(12,13)14)3-1-2(4(17)18)15-16-3/h1H,(H,15,16)(H,17,18). The Morgan fingerprint density at radius 3 is 2.00 bits per heavy atom. The molecule has 0 radical (unpaired) electrons. The van der Waals surface area contributed by atoms with Crippen molar-refractivity contribution in [1.29, 1.82) is 0 Å². The lowest BCUT2D eigenvalue weighted by Crippen LogP contribution is -2.50. The third kappa shape index (κ3) is 1.99. The molecule has 0 atom stereocenters. The van der Waals surface area contributed by atoms with Crippen LogP contribution in [0.1, 0.15) is 16.2 Å².